The number of aromatic nitrogens is 1. The number of urea groups is 1. The van der Waals surface area contributed by atoms with Gasteiger partial charge in [0.2, 0.25) is 11.8 Å². The van der Waals surface area contributed by atoms with E-state index in [-0.39, 0.29) is 30.9 Å². The molecule has 4 aromatic rings. The second-order valence-electron chi connectivity index (χ2n) is 10.5. The van der Waals surface area contributed by atoms with Crippen molar-refractivity contribution in [1.82, 2.24) is 30.1 Å². The lowest BCUT2D eigenvalue weighted by Gasteiger charge is -2.45. The molecule has 208 valence electrons. The average Bonchev–Trinajstić information content (AvgIpc) is 3.34. The van der Waals surface area contributed by atoms with E-state index in [1.165, 1.54) is 5.01 Å². The molecule has 4 amide bonds. The quantitative estimate of drug-likeness (QED) is 0.382. The van der Waals surface area contributed by atoms with Crippen LogP contribution in [0.4, 0.5) is 4.79 Å². The zero-order valence-electron chi connectivity index (χ0n) is 22.9. The molecule has 9 nitrogen and oxygen atoms in total. The van der Waals surface area contributed by atoms with E-state index in [1.54, 1.807) is 28.1 Å². The highest BCUT2D eigenvalue weighted by Gasteiger charge is 2.51. The molecule has 2 fully saturated rings. The molecule has 2 atom stereocenters. The van der Waals surface area contributed by atoms with Gasteiger partial charge in [-0.05, 0) is 28.8 Å². The van der Waals surface area contributed by atoms with Crippen molar-refractivity contribution < 1.29 is 14.4 Å². The molecule has 6 rings (SSSR count). The lowest BCUT2D eigenvalue weighted by Crippen LogP contribution is -2.65. The van der Waals surface area contributed by atoms with Gasteiger partial charge in [-0.1, -0.05) is 78.9 Å². The molecule has 0 aliphatic carbocycles. The first-order valence-corrected chi connectivity index (χ1v) is 13.8. The Balaban J connectivity index is 1.26. The zero-order valence-corrected chi connectivity index (χ0v) is 22.9. The van der Waals surface area contributed by atoms with E-state index in [9.17, 15) is 14.4 Å². The van der Waals surface area contributed by atoms with E-state index in [1.807, 2.05) is 91.0 Å². The molecule has 0 bridgehead atoms. The zero-order chi connectivity index (χ0) is 28.3. The minimum absolute atomic E-state index is 0.0201. The van der Waals surface area contributed by atoms with E-state index in [0.29, 0.717) is 19.5 Å². The summed E-state index contributed by atoms with van der Waals surface area (Å²) in [5.41, 5.74) is 3.78. The van der Waals surface area contributed by atoms with E-state index >= 15 is 0 Å². The van der Waals surface area contributed by atoms with Gasteiger partial charge in [-0.3, -0.25) is 19.6 Å². The van der Waals surface area contributed by atoms with Gasteiger partial charge < -0.3 is 15.1 Å². The largest absolute Gasteiger partial charge is 0.333 e. The SMILES string of the molecule is CN(C(=O)NCc1ccccc1)N1CC(=O)N2[C@@H](Cc3ccccc3)C(=O)N(Cc3ccc4cccnc4c3)C[C@@H]21. The van der Waals surface area contributed by atoms with Crippen LogP contribution in [0.1, 0.15) is 16.7 Å². The fourth-order valence-electron chi connectivity index (χ4n) is 5.72. The normalized spacial score (nSPS) is 19.0. The van der Waals surface area contributed by atoms with Crippen molar-refractivity contribution in [2.45, 2.75) is 31.7 Å². The van der Waals surface area contributed by atoms with E-state index in [0.717, 1.165) is 27.6 Å². The van der Waals surface area contributed by atoms with Gasteiger partial charge in [-0.15, -0.1) is 0 Å². The van der Waals surface area contributed by atoms with Crippen LogP contribution in [0, 0.1) is 0 Å². The van der Waals surface area contributed by atoms with Gasteiger partial charge in [0.1, 0.15) is 12.2 Å². The summed E-state index contributed by atoms with van der Waals surface area (Å²) in [7, 11) is 1.67. The second-order valence-corrected chi connectivity index (χ2v) is 10.5. The van der Waals surface area contributed by atoms with Crippen LogP contribution in [0.2, 0.25) is 0 Å². The highest BCUT2D eigenvalue weighted by Crippen LogP contribution is 2.30. The van der Waals surface area contributed by atoms with E-state index in [4.69, 9.17) is 0 Å². The number of hydrogen-bond acceptors (Lipinski definition) is 5. The number of carbonyl (C=O) groups is 3. The Kier molecular flexibility index (Phi) is 7.35. The standard InChI is InChI=1S/C32H32N6O3/c1-35(32(41)34-19-24-11-6-3-7-12-24)37-22-30(39)38-28(18-23-9-4-2-5-10-23)31(40)36(21-29(37)38)20-25-14-15-26-13-8-16-33-27(26)17-25/h2-17,28-29H,18-22H2,1H3,(H,34,41)/t28-,29+/m0/s1. The van der Waals surface area contributed by atoms with Gasteiger partial charge in [0, 0.05) is 38.1 Å². The van der Waals surface area contributed by atoms with Crippen LogP contribution in [0.15, 0.2) is 97.2 Å². The maximum atomic E-state index is 14.0. The number of fused-ring (bicyclic) bond motifs is 2. The number of carbonyl (C=O) groups excluding carboxylic acids is 3. The third kappa shape index (κ3) is 5.49. The Bertz CT molecular complexity index is 1560. The number of nitrogens with one attached hydrogen (secondary N) is 1. The Labute approximate surface area is 238 Å². The summed E-state index contributed by atoms with van der Waals surface area (Å²) < 4.78 is 0. The lowest BCUT2D eigenvalue weighted by molar-refractivity contribution is -0.157. The van der Waals surface area contributed by atoms with Crippen molar-refractivity contribution in [3.05, 3.63) is 114 Å². The van der Waals surface area contributed by atoms with Crippen LogP contribution >= 0.6 is 0 Å². The molecule has 9 heteroatoms. The Morgan fingerprint density at radius 1 is 0.927 bits per heavy atom. The Morgan fingerprint density at radius 3 is 2.41 bits per heavy atom. The fourth-order valence-corrected chi connectivity index (χ4v) is 5.72. The number of hydrogen-bond donors (Lipinski definition) is 1. The van der Waals surface area contributed by atoms with Gasteiger partial charge in [-0.2, -0.15) is 5.01 Å². The van der Waals surface area contributed by atoms with Crippen LogP contribution in [0.5, 0.6) is 0 Å². The molecule has 1 N–H and O–H groups in total. The number of pyridine rings is 1. The third-order valence-electron chi connectivity index (χ3n) is 7.85. The summed E-state index contributed by atoms with van der Waals surface area (Å²) in [6, 6.07) is 28.4. The number of nitrogens with zero attached hydrogens (tertiary/aromatic N) is 5. The smallest absolute Gasteiger partial charge is 0.332 e. The van der Waals surface area contributed by atoms with Crippen LogP contribution < -0.4 is 5.32 Å². The average molecular weight is 549 g/mol. The van der Waals surface area contributed by atoms with Crippen molar-refractivity contribution in [3.8, 4) is 0 Å². The molecule has 0 saturated carbocycles. The maximum absolute atomic E-state index is 14.0. The third-order valence-corrected chi connectivity index (χ3v) is 7.85. The number of benzene rings is 3. The van der Waals surface area contributed by atoms with Crippen LogP contribution in [0.25, 0.3) is 10.9 Å². The summed E-state index contributed by atoms with van der Waals surface area (Å²) in [6.07, 6.45) is 1.68. The number of amides is 4. The molecule has 3 aromatic carbocycles. The summed E-state index contributed by atoms with van der Waals surface area (Å²) >= 11 is 0. The molecule has 2 aliphatic rings. The highest BCUT2D eigenvalue weighted by molar-refractivity contribution is 5.92. The molecule has 0 unspecified atom stereocenters. The van der Waals surface area contributed by atoms with Gasteiger partial charge in [-0.25, -0.2) is 4.79 Å². The first kappa shape index (κ1) is 26.5. The van der Waals surface area contributed by atoms with Crippen LogP contribution in [-0.4, -0.2) is 75.0 Å². The molecular weight excluding hydrogens is 516 g/mol. The molecule has 0 spiro atoms. The van der Waals surface area contributed by atoms with Gasteiger partial charge >= 0.3 is 6.03 Å². The Morgan fingerprint density at radius 2 is 1.66 bits per heavy atom. The van der Waals surface area contributed by atoms with Crippen molar-refractivity contribution in [3.63, 3.8) is 0 Å². The predicted octanol–water partition coefficient (Wildman–Crippen LogP) is 3.42. The number of rotatable bonds is 7. The minimum atomic E-state index is -0.673. The molecule has 2 saturated heterocycles. The topological polar surface area (TPSA) is 89.1 Å². The fraction of sp³-hybridized carbons (Fsp3) is 0.250. The molecule has 3 heterocycles. The van der Waals surface area contributed by atoms with Crippen LogP contribution in [-0.2, 0) is 29.1 Å². The summed E-state index contributed by atoms with van der Waals surface area (Å²) in [5.74, 6) is -0.265. The van der Waals surface area contributed by atoms with E-state index in [2.05, 4.69) is 10.3 Å². The predicted molar refractivity (Wildman–Crippen MR) is 155 cm³/mol. The van der Waals surface area contributed by atoms with Gasteiger partial charge in [0.15, 0.2) is 0 Å². The van der Waals surface area contributed by atoms with Crippen molar-refractivity contribution in [2.75, 3.05) is 20.1 Å². The van der Waals surface area contributed by atoms with Crippen molar-refractivity contribution in [2.24, 2.45) is 0 Å². The van der Waals surface area contributed by atoms with Crippen molar-refractivity contribution in [1.29, 1.82) is 0 Å². The summed E-state index contributed by atoms with van der Waals surface area (Å²) in [6.45, 7) is 1.06. The highest BCUT2D eigenvalue weighted by atomic mass is 16.2. The summed E-state index contributed by atoms with van der Waals surface area (Å²) in [5, 5.41) is 7.21. The molecule has 0 radical (unpaired) electrons. The molecular formula is C32H32N6O3. The maximum Gasteiger partial charge on any atom is 0.332 e. The van der Waals surface area contributed by atoms with Gasteiger partial charge in [0.25, 0.3) is 0 Å². The molecule has 1 aromatic heterocycles. The van der Waals surface area contributed by atoms with Crippen LogP contribution in [0.3, 0.4) is 0 Å². The number of piperazine rings is 1. The van der Waals surface area contributed by atoms with E-state index < -0.39 is 12.2 Å². The lowest BCUT2D eigenvalue weighted by atomic mass is 10.00. The number of hydrazine groups is 1. The Hall–Kier alpha value is -4.76. The molecule has 2 aliphatic heterocycles. The minimum Gasteiger partial charge on any atom is -0.333 e. The second kappa shape index (κ2) is 11.4. The molecule has 41 heavy (non-hydrogen) atoms. The summed E-state index contributed by atoms with van der Waals surface area (Å²) in [4.78, 5) is 48.5. The monoisotopic (exact) mass is 548 g/mol. The first-order chi connectivity index (χ1) is 20.0. The first-order valence-electron chi connectivity index (χ1n) is 13.8. The van der Waals surface area contributed by atoms with Crippen molar-refractivity contribution >= 4 is 28.7 Å². The van der Waals surface area contributed by atoms with Gasteiger partial charge in [0.05, 0.1) is 18.6 Å².